The molecule has 24 heavy (non-hydrogen) atoms. The predicted octanol–water partition coefficient (Wildman–Crippen LogP) is 2.98. The quantitative estimate of drug-likeness (QED) is 0.725. The third-order valence-corrected chi connectivity index (χ3v) is 3.74. The number of hydrogen-bond acceptors (Lipinski definition) is 4. The molecule has 0 bridgehead atoms. The molecule has 5 heteroatoms. The van der Waals surface area contributed by atoms with Crippen LogP contribution in [0.4, 0.5) is 0 Å². The Hall–Kier alpha value is -3.08. The third-order valence-electron chi connectivity index (χ3n) is 3.74. The van der Waals surface area contributed by atoms with E-state index in [9.17, 15) is 4.79 Å². The van der Waals surface area contributed by atoms with Gasteiger partial charge < -0.3 is 9.47 Å². The molecule has 0 amide bonds. The predicted molar refractivity (Wildman–Crippen MR) is 92.6 cm³/mol. The smallest absolute Gasteiger partial charge is 0.267 e. The minimum atomic E-state index is -0.136. The largest absolute Gasteiger partial charge is 0.497 e. The standard InChI is InChI=1S/C19H18N2O3/c1-23-16-7-3-14(4-8-16)13-21-19(22)12-11-18(20-21)15-5-9-17(24-2)10-6-15/h3-12H,13H2,1-2H3. The van der Waals surface area contributed by atoms with Gasteiger partial charge >= 0.3 is 0 Å². The molecule has 2 aromatic carbocycles. The first kappa shape index (κ1) is 15.8. The number of benzene rings is 2. The molecular weight excluding hydrogens is 304 g/mol. The number of nitrogens with zero attached hydrogens (tertiary/aromatic N) is 2. The van der Waals surface area contributed by atoms with E-state index >= 15 is 0 Å². The highest BCUT2D eigenvalue weighted by Crippen LogP contribution is 2.19. The van der Waals surface area contributed by atoms with Crippen LogP contribution in [0.15, 0.2) is 65.5 Å². The van der Waals surface area contributed by atoms with E-state index < -0.39 is 0 Å². The molecule has 0 saturated carbocycles. The Bertz CT molecular complexity index is 868. The lowest BCUT2D eigenvalue weighted by molar-refractivity contribution is 0.414. The lowest BCUT2D eigenvalue weighted by atomic mass is 10.1. The van der Waals surface area contributed by atoms with Crippen molar-refractivity contribution in [3.8, 4) is 22.8 Å². The van der Waals surface area contributed by atoms with Crippen LogP contribution in [0.5, 0.6) is 11.5 Å². The van der Waals surface area contributed by atoms with Crippen LogP contribution in [-0.4, -0.2) is 24.0 Å². The van der Waals surface area contributed by atoms with Crippen LogP contribution in [0.2, 0.25) is 0 Å². The molecule has 3 rings (SSSR count). The fourth-order valence-electron chi connectivity index (χ4n) is 2.38. The highest BCUT2D eigenvalue weighted by molar-refractivity contribution is 5.59. The molecule has 0 N–H and O–H groups in total. The van der Waals surface area contributed by atoms with E-state index in [0.717, 1.165) is 28.3 Å². The number of ether oxygens (including phenoxy) is 2. The maximum Gasteiger partial charge on any atom is 0.267 e. The average Bonchev–Trinajstić information content (AvgIpc) is 2.64. The van der Waals surface area contributed by atoms with Crippen molar-refractivity contribution in [1.29, 1.82) is 0 Å². The Morgan fingerprint density at radius 3 is 2.00 bits per heavy atom. The van der Waals surface area contributed by atoms with Crippen LogP contribution in [0, 0.1) is 0 Å². The molecule has 0 radical (unpaired) electrons. The Kier molecular flexibility index (Phi) is 4.61. The van der Waals surface area contributed by atoms with E-state index in [2.05, 4.69) is 5.10 Å². The Balaban J connectivity index is 1.88. The minimum absolute atomic E-state index is 0.136. The van der Waals surface area contributed by atoms with Gasteiger partial charge in [-0.1, -0.05) is 12.1 Å². The average molecular weight is 322 g/mol. The summed E-state index contributed by atoms with van der Waals surface area (Å²) in [5.41, 5.74) is 2.52. The van der Waals surface area contributed by atoms with Gasteiger partial charge in [0.05, 0.1) is 26.5 Å². The summed E-state index contributed by atoms with van der Waals surface area (Å²) in [5.74, 6) is 1.57. The van der Waals surface area contributed by atoms with Crippen LogP contribution in [0.1, 0.15) is 5.56 Å². The number of methoxy groups -OCH3 is 2. The summed E-state index contributed by atoms with van der Waals surface area (Å²) in [6.07, 6.45) is 0. The van der Waals surface area contributed by atoms with Crippen molar-refractivity contribution in [3.05, 3.63) is 76.6 Å². The SMILES string of the molecule is COc1ccc(Cn2nc(-c3ccc(OC)cc3)ccc2=O)cc1. The minimum Gasteiger partial charge on any atom is -0.497 e. The maximum atomic E-state index is 12.1. The summed E-state index contributed by atoms with van der Waals surface area (Å²) in [6.45, 7) is 0.410. The van der Waals surface area contributed by atoms with E-state index in [0.29, 0.717) is 6.54 Å². The topological polar surface area (TPSA) is 53.4 Å². The van der Waals surface area contributed by atoms with Crippen molar-refractivity contribution < 1.29 is 9.47 Å². The second-order valence-corrected chi connectivity index (χ2v) is 5.29. The van der Waals surface area contributed by atoms with E-state index in [1.807, 2.05) is 48.5 Å². The third kappa shape index (κ3) is 3.46. The first-order valence-electron chi connectivity index (χ1n) is 7.55. The number of hydrogen-bond donors (Lipinski definition) is 0. The van der Waals surface area contributed by atoms with E-state index in [1.165, 1.54) is 10.7 Å². The zero-order valence-electron chi connectivity index (χ0n) is 13.6. The highest BCUT2D eigenvalue weighted by Gasteiger charge is 2.05. The first-order valence-corrected chi connectivity index (χ1v) is 7.55. The van der Waals surface area contributed by atoms with E-state index in [-0.39, 0.29) is 5.56 Å². The van der Waals surface area contributed by atoms with Crippen molar-refractivity contribution in [3.63, 3.8) is 0 Å². The zero-order valence-corrected chi connectivity index (χ0v) is 13.6. The summed E-state index contributed by atoms with van der Waals surface area (Å²) in [5, 5.41) is 4.47. The second-order valence-electron chi connectivity index (χ2n) is 5.29. The van der Waals surface area contributed by atoms with Gasteiger partial charge in [0.1, 0.15) is 11.5 Å². The summed E-state index contributed by atoms with van der Waals surface area (Å²) in [6, 6.07) is 18.4. The molecule has 5 nitrogen and oxygen atoms in total. The molecule has 122 valence electrons. The van der Waals surface area contributed by atoms with Crippen LogP contribution in [-0.2, 0) is 6.54 Å². The number of rotatable bonds is 5. The lowest BCUT2D eigenvalue weighted by Gasteiger charge is -2.08. The van der Waals surface area contributed by atoms with Gasteiger partial charge in [-0.3, -0.25) is 4.79 Å². The molecule has 0 spiro atoms. The highest BCUT2D eigenvalue weighted by atomic mass is 16.5. The molecule has 0 aliphatic carbocycles. The van der Waals surface area contributed by atoms with Gasteiger partial charge in [0.25, 0.3) is 5.56 Å². The molecule has 0 fully saturated rings. The van der Waals surface area contributed by atoms with Crippen molar-refractivity contribution in [2.24, 2.45) is 0 Å². The molecule has 1 heterocycles. The molecule has 0 aliphatic heterocycles. The molecular formula is C19H18N2O3. The van der Waals surface area contributed by atoms with Gasteiger partial charge in [-0.15, -0.1) is 0 Å². The summed E-state index contributed by atoms with van der Waals surface area (Å²) in [4.78, 5) is 12.1. The molecule has 1 aromatic heterocycles. The van der Waals surface area contributed by atoms with Crippen LogP contribution < -0.4 is 15.0 Å². The Labute approximate surface area is 140 Å². The second kappa shape index (κ2) is 7.00. The van der Waals surface area contributed by atoms with Gasteiger partial charge in [0.2, 0.25) is 0 Å². The van der Waals surface area contributed by atoms with Gasteiger partial charge in [-0.2, -0.15) is 5.10 Å². The van der Waals surface area contributed by atoms with Gasteiger partial charge in [0, 0.05) is 11.6 Å². The monoisotopic (exact) mass is 322 g/mol. The summed E-state index contributed by atoms with van der Waals surface area (Å²) in [7, 11) is 3.25. The van der Waals surface area contributed by atoms with Gasteiger partial charge in [-0.05, 0) is 48.0 Å². The fraction of sp³-hybridized carbons (Fsp3) is 0.158. The van der Waals surface area contributed by atoms with Crippen molar-refractivity contribution in [1.82, 2.24) is 9.78 Å². The van der Waals surface area contributed by atoms with Gasteiger partial charge in [-0.25, -0.2) is 4.68 Å². The molecule has 0 atom stereocenters. The summed E-state index contributed by atoms with van der Waals surface area (Å²) < 4.78 is 11.8. The molecule has 0 unspecified atom stereocenters. The van der Waals surface area contributed by atoms with Crippen molar-refractivity contribution in [2.75, 3.05) is 14.2 Å². The molecule has 0 saturated heterocycles. The van der Waals surface area contributed by atoms with Crippen LogP contribution in [0.3, 0.4) is 0 Å². The molecule has 0 aliphatic rings. The first-order chi connectivity index (χ1) is 11.7. The fourth-order valence-corrected chi connectivity index (χ4v) is 2.38. The molecule has 3 aromatic rings. The maximum absolute atomic E-state index is 12.1. The van der Waals surface area contributed by atoms with Gasteiger partial charge in [0.15, 0.2) is 0 Å². The van der Waals surface area contributed by atoms with E-state index in [4.69, 9.17) is 9.47 Å². The lowest BCUT2D eigenvalue weighted by Crippen LogP contribution is -2.22. The Morgan fingerprint density at radius 2 is 1.42 bits per heavy atom. The van der Waals surface area contributed by atoms with Crippen LogP contribution >= 0.6 is 0 Å². The van der Waals surface area contributed by atoms with Crippen molar-refractivity contribution >= 4 is 0 Å². The summed E-state index contributed by atoms with van der Waals surface area (Å²) >= 11 is 0. The zero-order chi connectivity index (χ0) is 16.9. The van der Waals surface area contributed by atoms with Crippen LogP contribution in [0.25, 0.3) is 11.3 Å². The van der Waals surface area contributed by atoms with E-state index in [1.54, 1.807) is 20.3 Å². The normalized spacial score (nSPS) is 10.4. The Morgan fingerprint density at radius 1 is 0.833 bits per heavy atom. The number of aromatic nitrogens is 2. The van der Waals surface area contributed by atoms with Crippen molar-refractivity contribution in [2.45, 2.75) is 6.54 Å².